The van der Waals surface area contributed by atoms with Gasteiger partial charge in [-0.2, -0.15) is 0 Å². The Kier molecular flexibility index (Phi) is 5.06. The first-order valence-corrected chi connectivity index (χ1v) is 9.17. The van der Waals surface area contributed by atoms with Crippen LogP contribution in [0.4, 0.5) is 5.69 Å². The predicted molar refractivity (Wildman–Crippen MR) is 96.8 cm³/mol. The lowest BCUT2D eigenvalue weighted by atomic mass is 10.0. The van der Waals surface area contributed by atoms with Crippen molar-refractivity contribution in [2.75, 3.05) is 0 Å². The van der Waals surface area contributed by atoms with Crippen molar-refractivity contribution < 1.29 is 13.3 Å². The van der Waals surface area contributed by atoms with Crippen LogP contribution >= 0.6 is 0 Å². The van der Waals surface area contributed by atoms with Crippen molar-refractivity contribution in [1.82, 2.24) is 9.71 Å². The molecule has 0 unspecified atom stereocenters. The van der Waals surface area contributed by atoms with Crippen LogP contribution < -0.4 is 4.72 Å². The summed E-state index contributed by atoms with van der Waals surface area (Å²) < 4.78 is 27.3. The third-order valence-electron chi connectivity index (χ3n) is 3.75. The van der Waals surface area contributed by atoms with Gasteiger partial charge in [0, 0.05) is 31.1 Å². The molecule has 0 atom stereocenters. The van der Waals surface area contributed by atoms with Crippen LogP contribution in [0.2, 0.25) is 0 Å². The van der Waals surface area contributed by atoms with Crippen LogP contribution in [0.5, 0.6) is 0 Å². The van der Waals surface area contributed by atoms with Crippen molar-refractivity contribution in [3.05, 3.63) is 88.7 Å². The van der Waals surface area contributed by atoms with E-state index in [0.717, 1.165) is 22.8 Å². The molecule has 1 aromatic heterocycles. The molecule has 2 aromatic carbocycles. The van der Waals surface area contributed by atoms with Gasteiger partial charge in [-0.15, -0.1) is 0 Å². The minimum Gasteiger partial charge on any atom is -0.265 e. The van der Waals surface area contributed by atoms with Crippen molar-refractivity contribution in [1.29, 1.82) is 0 Å². The molecule has 1 N–H and O–H groups in total. The van der Waals surface area contributed by atoms with Gasteiger partial charge in [-0.25, -0.2) is 13.1 Å². The molecule has 0 aliphatic heterocycles. The summed E-state index contributed by atoms with van der Waals surface area (Å²) in [6, 6.07) is 16.1. The SMILES string of the molecule is O=[N+]([O-])c1cccc(S(=O)(=O)NCc2cccc(-c3ccncc3)c2)c1. The van der Waals surface area contributed by atoms with E-state index in [1.54, 1.807) is 18.5 Å². The van der Waals surface area contributed by atoms with E-state index in [9.17, 15) is 18.5 Å². The summed E-state index contributed by atoms with van der Waals surface area (Å²) in [5, 5.41) is 10.8. The van der Waals surface area contributed by atoms with Crippen LogP contribution in [0.1, 0.15) is 5.56 Å². The molecule has 0 saturated carbocycles. The van der Waals surface area contributed by atoms with Gasteiger partial charge in [-0.3, -0.25) is 15.1 Å². The number of nitro benzene ring substituents is 1. The van der Waals surface area contributed by atoms with Crippen LogP contribution in [0.3, 0.4) is 0 Å². The van der Waals surface area contributed by atoms with Gasteiger partial charge in [0.15, 0.2) is 0 Å². The smallest absolute Gasteiger partial charge is 0.265 e. The molecular formula is C18H15N3O4S. The fourth-order valence-corrected chi connectivity index (χ4v) is 3.49. The summed E-state index contributed by atoms with van der Waals surface area (Å²) in [7, 11) is -3.86. The van der Waals surface area contributed by atoms with Crippen LogP contribution in [0.15, 0.2) is 78.0 Å². The van der Waals surface area contributed by atoms with Crippen LogP contribution in [-0.4, -0.2) is 18.3 Å². The average Bonchev–Trinajstić information content (AvgIpc) is 2.67. The molecule has 0 bridgehead atoms. The van der Waals surface area contributed by atoms with Crippen molar-refractivity contribution in [3.8, 4) is 11.1 Å². The molecule has 26 heavy (non-hydrogen) atoms. The predicted octanol–water partition coefficient (Wildman–Crippen LogP) is 3.14. The van der Waals surface area contributed by atoms with Gasteiger partial charge in [0.2, 0.25) is 10.0 Å². The first kappa shape index (κ1) is 17.7. The van der Waals surface area contributed by atoms with Crippen molar-refractivity contribution in [2.45, 2.75) is 11.4 Å². The molecule has 3 rings (SSSR count). The lowest BCUT2D eigenvalue weighted by Gasteiger charge is -2.08. The highest BCUT2D eigenvalue weighted by atomic mass is 32.2. The van der Waals surface area contributed by atoms with E-state index in [4.69, 9.17) is 0 Å². The Balaban J connectivity index is 1.78. The van der Waals surface area contributed by atoms with Crippen molar-refractivity contribution in [2.24, 2.45) is 0 Å². The number of rotatable bonds is 6. The normalized spacial score (nSPS) is 11.2. The standard InChI is InChI=1S/C18H15N3O4S/c22-21(23)17-5-2-6-18(12-17)26(24,25)20-13-14-3-1-4-16(11-14)15-7-9-19-10-8-15/h1-12,20H,13H2. The summed E-state index contributed by atoms with van der Waals surface area (Å²) >= 11 is 0. The van der Waals surface area contributed by atoms with E-state index in [1.807, 2.05) is 30.3 Å². The van der Waals surface area contributed by atoms with E-state index in [1.165, 1.54) is 18.2 Å². The Morgan fingerprint density at radius 1 is 0.962 bits per heavy atom. The molecule has 8 heteroatoms. The average molecular weight is 369 g/mol. The third kappa shape index (κ3) is 4.11. The molecule has 0 aliphatic carbocycles. The molecule has 0 radical (unpaired) electrons. The number of hydrogen-bond donors (Lipinski definition) is 1. The number of hydrogen-bond acceptors (Lipinski definition) is 5. The number of sulfonamides is 1. The summed E-state index contributed by atoms with van der Waals surface area (Å²) in [5.74, 6) is 0. The second kappa shape index (κ2) is 7.42. The van der Waals surface area contributed by atoms with Gasteiger partial charge in [0.1, 0.15) is 0 Å². The minimum atomic E-state index is -3.86. The Hall–Kier alpha value is -3.10. The molecule has 7 nitrogen and oxygen atoms in total. The zero-order valence-corrected chi connectivity index (χ0v) is 14.4. The van der Waals surface area contributed by atoms with Gasteiger partial charge in [0.05, 0.1) is 9.82 Å². The van der Waals surface area contributed by atoms with E-state index < -0.39 is 14.9 Å². The monoisotopic (exact) mass is 369 g/mol. The summed E-state index contributed by atoms with van der Waals surface area (Å²) in [4.78, 5) is 14.0. The number of pyridine rings is 1. The molecule has 0 amide bonds. The Morgan fingerprint density at radius 3 is 2.42 bits per heavy atom. The number of nitrogens with one attached hydrogen (secondary N) is 1. The molecule has 3 aromatic rings. The largest absolute Gasteiger partial charge is 0.270 e. The minimum absolute atomic E-state index is 0.0734. The first-order chi connectivity index (χ1) is 12.5. The lowest BCUT2D eigenvalue weighted by Crippen LogP contribution is -2.23. The van der Waals surface area contributed by atoms with Crippen LogP contribution in [0, 0.1) is 10.1 Å². The molecule has 132 valence electrons. The molecule has 0 spiro atoms. The maximum absolute atomic E-state index is 12.4. The van der Waals surface area contributed by atoms with Gasteiger partial charge in [-0.05, 0) is 41.0 Å². The fourth-order valence-electron chi connectivity index (χ4n) is 2.43. The van der Waals surface area contributed by atoms with Gasteiger partial charge in [-0.1, -0.05) is 24.3 Å². The van der Waals surface area contributed by atoms with Crippen molar-refractivity contribution in [3.63, 3.8) is 0 Å². The Morgan fingerprint density at radius 2 is 1.69 bits per heavy atom. The van der Waals surface area contributed by atoms with Crippen LogP contribution in [-0.2, 0) is 16.6 Å². The van der Waals surface area contributed by atoms with Crippen LogP contribution in [0.25, 0.3) is 11.1 Å². The Labute approximate surface area is 150 Å². The number of aromatic nitrogens is 1. The summed E-state index contributed by atoms with van der Waals surface area (Å²) in [5.41, 5.74) is 2.42. The highest BCUT2D eigenvalue weighted by molar-refractivity contribution is 7.89. The number of nitrogens with zero attached hydrogens (tertiary/aromatic N) is 2. The quantitative estimate of drug-likeness (QED) is 0.531. The van der Waals surface area contributed by atoms with Gasteiger partial charge in [0.25, 0.3) is 5.69 Å². The summed E-state index contributed by atoms with van der Waals surface area (Å²) in [6.07, 6.45) is 3.38. The van der Waals surface area contributed by atoms with Gasteiger partial charge >= 0.3 is 0 Å². The van der Waals surface area contributed by atoms with E-state index in [2.05, 4.69) is 9.71 Å². The third-order valence-corrected chi connectivity index (χ3v) is 5.14. The highest BCUT2D eigenvalue weighted by Crippen LogP contribution is 2.20. The summed E-state index contributed by atoms with van der Waals surface area (Å²) in [6.45, 7) is 0.0734. The molecule has 0 saturated heterocycles. The van der Waals surface area contributed by atoms with Crippen molar-refractivity contribution >= 4 is 15.7 Å². The second-order valence-corrected chi connectivity index (χ2v) is 7.28. The molecular weight excluding hydrogens is 354 g/mol. The zero-order chi connectivity index (χ0) is 18.6. The van der Waals surface area contributed by atoms with E-state index in [0.29, 0.717) is 0 Å². The Bertz CT molecular complexity index is 1040. The topological polar surface area (TPSA) is 102 Å². The van der Waals surface area contributed by atoms with E-state index in [-0.39, 0.29) is 17.1 Å². The number of benzene rings is 2. The molecule has 0 aliphatic rings. The maximum Gasteiger partial charge on any atom is 0.270 e. The second-order valence-electron chi connectivity index (χ2n) is 5.52. The lowest BCUT2D eigenvalue weighted by molar-refractivity contribution is -0.385. The van der Waals surface area contributed by atoms with E-state index >= 15 is 0 Å². The highest BCUT2D eigenvalue weighted by Gasteiger charge is 2.17. The first-order valence-electron chi connectivity index (χ1n) is 7.69. The molecule has 1 heterocycles. The van der Waals surface area contributed by atoms with Gasteiger partial charge < -0.3 is 0 Å². The molecule has 0 fully saturated rings. The maximum atomic E-state index is 12.4. The zero-order valence-electron chi connectivity index (χ0n) is 13.6. The number of nitro groups is 1. The fraction of sp³-hybridized carbons (Fsp3) is 0.0556. The number of non-ortho nitro benzene ring substituents is 1.